The Morgan fingerprint density at radius 1 is 1.00 bits per heavy atom. The normalized spacial score (nSPS) is 31.6. The van der Waals surface area contributed by atoms with Crippen LogP contribution in [0.15, 0.2) is 30.3 Å². The van der Waals surface area contributed by atoms with Crippen molar-refractivity contribution >= 4 is 17.9 Å². The van der Waals surface area contributed by atoms with Crippen LogP contribution in [0.5, 0.6) is 0 Å². The molecule has 0 radical (unpaired) electrons. The van der Waals surface area contributed by atoms with E-state index in [0.29, 0.717) is 23.3 Å². The fourth-order valence-electron chi connectivity index (χ4n) is 5.52. The third-order valence-electron chi connectivity index (χ3n) is 6.29. The van der Waals surface area contributed by atoms with Crippen LogP contribution in [0.25, 0.3) is 6.08 Å². The van der Waals surface area contributed by atoms with Crippen LogP contribution in [-0.4, -0.2) is 11.8 Å². The van der Waals surface area contributed by atoms with Crippen LogP contribution in [-0.2, 0) is 9.59 Å². The summed E-state index contributed by atoms with van der Waals surface area (Å²) in [6, 6.07) is 9.00. The second-order valence-corrected chi connectivity index (χ2v) is 8.21. The Kier molecular flexibility index (Phi) is 4.28. The van der Waals surface area contributed by atoms with Gasteiger partial charge in [0.2, 0.25) is 5.91 Å². The number of carbonyl (C=O) groups is 2. The van der Waals surface area contributed by atoms with E-state index < -0.39 is 0 Å². The molecule has 0 spiro atoms. The lowest BCUT2D eigenvalue weighted by Gasteiger charge is -2.55. The molecule has 2 N–H and O–H groups in total. The van der Waals surface area contributed by atoms with Gasteiger partial charge < -0.3 is 0 Å². The number of nitriles is 1. The number of hydrazine groups is 1. The Bertz CT molecular complexity index is 753. The molecule has 0 aliphatic heterocycles. The lowest BCUT2D eigenvalue weighted by atomic mass is 9.49. The Balaban J connectivity index is 1.32. The van der Waals surface area contributed by atoms with Gasteiger partial charge in [0, 0.05) is 6.08 Å². The fourth-order valence-corrected chi connectivity index (χ4v) is 5.52. The molecular formula is C21H23N3O2. The van der Waals surface area contributed by atoms with Gasteiger partial charge in [0.15, 0.2) is 0 Å². The van der Waals surface area contributed by atoms with E-state index >= 15 is 0 Å². The summed E-state index contributed by atoms with van der Waals surface area (Å²) in [6.45, 7) is 0. The highest BCUT2D eigenvalue weighted by atomic mass is 16.2. The summed E-state index contributed by atoms with van der Waals surface area (Å²) in [6.07, 6.45) is 9.82. The van der Waals surface area contributed by atoms with Crippen LogP contribution >= 0.6 is 0 Å². The molecule has 1 aromatic carbocycles. The number of carbonyl (C=O) groups excluding carboxylic acids is 2. The Labute approximate surface area is 153 Å². The van der Waals surface area contributed by atoms with Gasteiger partial charge in [0.25, 0.3) is 5.91 Å². The highest BCUT2D eigenvalue weighted by Gasteiger charge is 2.54. The predicted molar refractivity (Wildman–Crippen MR) is 97.1 cm³/mol. The zero-order valence-electron chi connectivity index (χ0n) is 14.7. The van der Waals surface area contributed by atoms with Crippen LogP contribution in [0.4, 0.5) is 0 Å². The van der Waals surface area contributed by atoms with E-state index in [9.17, 15) is 9.59 Å². The van der Waals surface area contributed by atoms with Crippen LogP contribution in [0.2, 0.25) is 0 Å². The van der Waals surface area contributed by atoms with Crippen molar-refractivity contribution in [3.63, 3.8) is 0 Å². The average Bonchev–Trinajstić information content (AvgIpc) is 2.63. The molecule has 5 nitrogen and oxygen atoms in total. The van der Waals surface area contributed by atoms with E-state index in [1.54, 1.807) is 30.3 Å². The summed E-state index contributed by atoms with van der Waals surface area (Å²) >= 11 is 0. The van der Waals surface area contributed by atoms with Gasteiger partial charge in [-0.15, -0.1) is 0 Å². The highest BCUT2D eigenvalue weighted by Crippen LogP contribution is 2.59. The van der Waals surface area contributed by atoms with Crippen molar-refractivity contribution in [3.8, 4) is 6.07 Å². The first-order valence-corrected chi connectivity index (χ1v) is 9.35. The maximum atomic E-state index is 12.8. The van der Waals surface area contributed by atoms with E-state index in [-0.39, 0.29) is 17.2 Å². The molecule has 0 saturated heterocycles. The molecule has 0 heterocycles. The Morgan fingerprint density at radius 2 is 1.58 bits per heavy atom. The molecule has 5 heteroatoms. The number of benzene rings is 1. The molecule has 4 aliphatic rings. The SMILES string of the molecule is N#Cc1ccc(/C=C/C(=O)NNC(=O)C23CC4CC(CC(C4)C2)C3)cc1. The van der Waals surface area contributed by atoms with E-state index in [4.69, 9.17) is 5.26 Å². The first-order chi connectivity index (χ1) is 12.6. The lowest BCUT2D eigenvalue weighted by molar-refractivity contribution is -0.148. The van der Waals surface area contributed by atoms with E-state index in [2.05, 4.69) is 16.9 Å². The molecule has 4 bridgehead atoms. The molecule has 0 aromatic heterocycles. The Morgan fingerprint density at radius 3 is 2.12 bits per heavy atom. The first-order valence-electron chi connectivity index (χ1n) is 9.35. The predicted octanol–water partition coefficient (Wildman–Crippen LogP) is 2.94. The van der Waals surface area contributed by atoms with Crippen molar-refractivity contribution in [1.29, 1.82) is 5.26 Å². The molecule has 26 heavy (non-hydrogen) atoms. The second kappa shape index (κ2) is 6.60. The molecule has 2 amide bonds. The minimum absolute atomic E-state index is 0.0169. The molecule has 0 unspecified atom stereocenters. The quantitative estimate of drug-likeness (QED) is 0.650. The van der Waals surface area contributed by atoms with Crippen LogP contribution in [0, 0.1) is 34.5 Å². The maximum absolute atomic E-state index is 12.8. The van der Waals surface area contributed by atoms with Crippen molar-refractivity contribution in [3.05, 3.63) is 41.5 Å². The number of nitrogens with one attached hydrogen (secondary N) is 2. The lowest BCUT2D eigenvalue weighted by Crippen LogP contribution is -2.56. The van der Waals surface area contributed by atoms with Crippen LogP contribution < -0.4 is 10.9 Å². The molecular weight excluding hydrogens is 326 g/mol. The van der Waals surface area contributed by atoms with Gasteiger partial charge in [0.1, 0.15) is 0 Å². The van der Waals surface area contributed by atoms with Crippen LogP contribution in [0.3, 0.4) is 0 Å². The number of nitrogens with zero attached hydrogens (tertiary/aromatic N) is 1. The molecule has 4 aliphatic carbocycles. The third kappa shape index (κ3) is 3.24. The molecule has 5 rings (SSSR count). The minimum atomic E-state index is -0.354. The van der Waals surface area contributed by atoms with Gasteiger partial charge in [-0.25, -0.2) is 0 Å². The number of hydrogen-bond acceptors (Lipinski definition) is 3. The van der Waals surface area contributed by atoms with E-state index in [1.165, 1.54) is 25.3 Å². The van der Waals surface area contributed by atoms with Gasteiger partial charge in [-0.2, -0.15) is 5.26 Å². The second-order valence-electron chi connectivity index (χ2n) is 8.21. The topological polar surface area (TPSA) is 82.0 Å². The van der Waals surface area contributed by atoms with Crippen molar-refractivity contribution < 1.29 is 9.59 Å². The number of rotatable bonds is 3. The molecule has 134 valence electrons. The smallest absolute Gasteiger partial charge is 0.262 e. The largest absolute Gasteiger partial charge is 0.273 e. The van der Waals surface area contributed by atoms with Crippen molar-refractivity contribution in [2.45, 2.75) is 38.5 Å². The monoisotopic (exact) mass is 349 g/mol. The van der Waals surface area contributed by atoms with Gasteiger partial charge in [0.05, 0.1) is 17.0 Å². The summed E-state index contributed by atoms with van der Waals surface area (Å²) in [5, 5.41) is 8.78. The molecule has 4 fully saturated rings. The number of amides is 2. The average molecular weight is 349 g/mol. The molecule has 1 aromatic rings. The summed E-state index contributed by atoms with van der Waals surface area (Å²) in [4.78, 5) is 24.8. The number of hydrogen-bond donors (Lipinski definition) is 2. The zero-order chi connectivity index (χ0) is 18.1. The van der Waals surface area contributed by atoms with Gasteiger partial charge in [-0.1, -0.05) is 12.1 Å². The molecule has 4 saturated carbocycles. The zero-order valence-corrected chi connectivity index (χ0v) is 14.7. The Hall–Kier alpha value is -2.61. The fraction of sp³-hybridized carbons (Fsp3) is 0.476. The minimum Gasteiger partial charge on any atom is -0.273 e. The van der Waals surface area contributed by atoms with Crippen molar-refractivity contribution in [1.82, 2.24) is 10.9 Å². The third-order valence-corrected chi connectivity index (χ3v) is 6.29. The summed E-state index contributed by atoms with van der Waals surface area (Å²) < 4.78 is 0. The summed E-state index contributed by atoms with van der Waals surface area (Å²) in [5.74, 6) is 1.71. The van der Waals surface area contributed by atoms with Gasteiger partial charge in [-0.05, 0) is 80.1 Å². The van der Waals surface area contributed by atoms with Gasteiger partial charge >= 0.3 is 0 Å². The summed E-state index contributed by atoms with van der Waals surface area (Å²) in [7, 11) is 0. The van der Waals surface area contributed by atoms with Crippen molar-refractivity contribution in [2.75, 3.05) is 0 Å². The highest BCUT2D eigenvalue weighted by molar-refractivity contribution is 5.94. The molecule has 0 atom stereocenters. The van der Waals surface area contributed by atoms with E-state index in [0.717, 1.165) is 24.8 Å². The standard InChI is InChI=1S/C21H23N3O2/c22-13-15-3-1-14(2-4-15)5-6-19(25)23-24-20(26)21-10-16-7-17(11-21)9-18(8-16)12-21/h1-6,16-18H,7-12H2,(H,23,25)(H,24,26)/b6-5+. The van der Waals surface area contributed by atoms with Crippen LogP contribution in [0.1, 0.15) is 49.7 Å². The summed E-state index contributed by atoms with van der Waals surface area (Å²) in [5.41, 5.74) is 6.32. The van der Waals surface area contributed by atoms with E-state index in [1.807, 2.05) is 0 Å². The van der Waals surface area contributed by atoms with Crippen molar-refractivity contribution in [2.24, 2.45) is 23.2 Å². The first kappa shape index (κ1) is 16.8. The maximum Gasteiger partial charge on any atom is 0.262 e. The van der Waals surface area contributed by atoms with Gasteiger partial charge in [-0.3, -0.25) is 20.4 Å².